The molecule has 0 amide bonds. The molecule has 4 heterocycles. The number of nitrogens with zero attached hydrogens (tertiary/aromatic N) is 6. The quantitative estimate of drug-likeness (QED) is 0.820. The Morgan fingerprint density at radius 2 is 2.12 bits per heavy atom. The molecule has 0 atom stereocenters. The molecule has 25 heavy (non-hydrogen) atoms. The maximum atomic E-state index is 5.58. The van der Waals surface area contributed by atoms with Gasteiger partial charge in [-0.25, -0.2) is 0 Å². The lowest BCUT2D eigenvalue weighted by Gasteiger charge is -2.44. The highest BCUT2D eigenvalue weighted by Gasteiger charge is 2.32. The Balaban J connectivity index is 1.18. The highest BCUT2D eigenvalue weighted by atomic mass is 16.5. The van der Waals surface area contributed by atoms with Crippen molar-refractivity contribution in [2.24, 2.45) is 0 Å². The Hall–Kier alpha value is -1.99. The van der Waals surface area contributed by atoms with Crippen molar-refractivity contribution in [2.75, 3.05) is 31.6 Å². The first-order valence-electron chi connectivity index (χ1n) is 9.18. The van der Waals surface area contributed by atoms with Crippen molar-refractivity contribution in [2.45, 2.75) is 44.5 Å². The smallest absolute Gasteiger partial charge is 0.151 e. The lowest BCUT2D eigenvalue weighted by molar-refractivity contribution is 0.0784. The number of fused-ring (bicyclic) bond motifs is 1. The molecule has 2 aromatic rings. The average Bonchev–Trinajstić information content (AvgIpc) is 3.37. The van der Waals surface area contributed by atoms with Crippen molar-refractivity contribution >= 4 is 5.82 Å². The summed E-state index contributed by atoms with van der Waals surface area (Å²) in [6.07, 6.45) is 4.54. The van der Waals surface area contributed by atoms with E-state index in [1.807, 2.05) is 6.20 Å². The van der Waals surface area contributed by atoms with E-state index in [1.165, 1.54) is 24.1 Å². The lowest BCUT2D eigenvalue weighted by Crippen LogP contribution is -2.58. The first-order chi connectivity index (χ1) is 12.3. The summed E-state index contributed by atoms with van der Waals surface area (Å²) < 4.78 is 7.66. The average molecular weight is 340 g/mol. The van der Waals surface area contributed by atoms with Crippen molar-refractivity contribution in [1.29, 1.82) is 0 Å². The highest BCUT2D eigenvalue weighted by molar-refractivity contribution is 5.42. The molecule has 0 N–H and O–H groups in total. The van der Waals surface area contributed by atoms with E-state index in [-0.39, 0.29) is 0 Å². The van der Waals surface area contributed by atoms with E-state index >= 15 is 0 Å². The molecular weight excluding hydrogens is 316 g/mol. The van der Waals surface area contributed by atoms with Crippen LogP contribution in [-0.2, 0) is 24.4 Å². The predicted octanol–water partition coefficient (Wildman–Crippen LogP) is 1.40. The predicted molar refractivity (Wildman–Crippen MR) is 93.4 cm³/mol. The number of hydrogen-bond acceptors (Lipinski definition) is 6. The molecular formula is C18H24N6O. The number of aromatic nitrogens is 4. The summed E-state index contributed by atoms with van der Waals surface area (Å²) in [5.41, 5.74) is 3.68. The monoisotopic (exact) mass is 340 g/mol. The molecule has 5 rings (SSSR count). The van der Waals surface area contributed by atoms with Gasteiger partial charge in [-0.3, -0.25) is 9.58 Å². The van der Waals surface area contributed by atoms with Gasteiger partial charge in [-0.05, 0) is 32.0 Å². The first-order valence-corrected chi connectivity index (χ1v) is 9.18. The van der Waals surface area contributed by atoms with Crippen LogP contribution < -0.4 is 4.90 Å². The van der Waals surface area contributed by atoms with Gasteiger partial charge in [-0.1, -0.05) is 0 Å². The lowest BCUT2D eigenvalue weighted by atomic mass is 10.1. The molecule has 2 aromatic heterocycles. The van der Waals surface area contributed by atoms with E-state index in [0.717, 1.165) is 44.3 Å². The van der Waals surface area contributed by atoms with Gasteiger partial charge in [0.25, 0.3) is 0 Å². The Labute approximate surface area is 147 Å². The van der Waals surface area contributed by atoms with Crippen LogP contribution in [-0.4, -0.2) is 57.7 Å². The SMILES string of the molecule is CN(Cc1cnn2c1COCC2)C1CN(c2ccc(C3CC3)nn2)C1. The molecule has 0 unspecified atom stereocenters. The molecule has 1 saturated heterocycles. The molecule has 1 aliphatic carbocycles. The highest BCUT2D eigenvalue weighted by Crippen LogP contribution is 2.38. The number of likely N-dealkylation sites (N-methyl/N-ethyl adjacent to an activating group) is 1. The largest absolute Gasteiger partial charge is 0.373 e. The second-order valence-corrected chi connectivity index (χ2v) is 7.46. The van der Waals surface area contributed by atoms with Gasteiger partial charge < -0.3 is 9.64 Å². The van der Waals surface area contributed by atoms with Gasteiger partial charge in [0.15, 0.2) is 5.82 Å². The van der Waals surface area contributed by atoms with Crippen LogP contribution in [0.2, 0.25) is 0 Å². The Kier molecular flexibility index (Phi) is 3.71. The fourth-order valence-electron chi connectivity index (χ4n) is 3.68. The Morgan fingerprint density at radius 3 is 2.88 bits per heavy atom. The molecule has 0 bridgehead atoms. The van der Waals surface area contributed by atoms with E-state index in [1.54, 1.807) is 0 Å². The van der Waals surface area contributed by atoms with Crippen LogP contribution >= 0.6 is 0 Å². The number of rotatable bonds is 5. The van der Waals surface area contributed by atoms with Crippen LogP contribution in [0.5, 0.6) is 0 Å². The van der Waals surface area contributed by atoms with E-state index in [4.69, 9.17) is 4.74 Å². The van der Waals surface area contributed by atoms with Gasteiger partial charge in [-0.15, -0.1) is 5.10 Å². The summed E-state index contributed by atoms with van der Waals surface area (Å²) in [4.78, 5) is 4.72. The van der Waals surface area contributed by atoms with Crippen LogP contribution in [0.25, 0.3) is 0 Å². The minimum Gasteiger partial charge on any atom is -0.373 e. The van der Waals surface area contributed by atoms with Gasteiger partial charge in [0.05, 0.1) is 37.3 Å². The Morgan fingerprint density at radius 1 is 1.24 bits per heavy atom. The second-order valence-electron chi connectivity index (χ2n) is 7.46. The maximum absolute atomic E-state index is 5.58. The van der Waals surface area contributed by atoms with Crippen LogP contribution in [0, 0.1) is 0 Å². The molecule has 0 radical (unpaired) electrons. The molecule has 7 nitrogen and oxygen atoms in total. The summed E-state index contributed by atoms with van der Waals surface area (Å²) in [5, 5.41) is 13.3. The standard InChI is InChI=1S/C18H24N6O/c1-22(9-14-8-19-24-6-7-25-12-17(14)24)15-10-23(11-15)18-5-4-16(20-21-18)13-2-3-13/h4-5,8,13,15H,2-3,6-7,9-12H2,1H3. The minimum absolute atomic E-state index is 0.546. The fourth-order valence-corrected chi connectivity index (χ4v) is 3.68. The van der Waals surface area contributed by atoms with Crippen LogP contribution in [0.4, 0.5) is 5.82 Å². The zero-order chi connectivity index (χ0) is 16.8. The van der Waals surface area contributed by atoms with Gasteiger partial charge in [0.2, 0.25) is 0 Å². The summed E-state index contributed by atoms with van der Waals surface area (Å²) in [6, 6.07) is 4.82. The molecule has 0 spiro atoms. The third-order valence-electron chi connectivity index (χ3n) is 5.62. The molecule has 1 saturated carbocycles. The van der Waals surface area contributed by atoms with Gasteiger partial charge in [-0.2, -0.15) is 10.2 Å². The first kappa shape index (κ1) is 15.3. The number of hydrogen-bond donors (Lipinski definition) is 0. The second kappa shape index (κ2) is 6.07. The normalized spacial score (nSPS) is 20.6. The summed E-state index contributed by atoms with van der Waals surface area (Å²) in [6.45, 7) is 5.25. The Bertz CT molecular complexity index is 747. The molecule has 0 aromatic carbocycles. The van der Waals surface area contributed by atoms with Crippen LogP contribution in [0.3, 0.4) is 0 Å². The topological polar surface area (TPSA) is 59.3 Å². The zero-order valence-corrected chi connectivity index (χ0v) is 14.6. The number of ether oxygens (including phenoxy) is 1. The van der Waals surface area contributed by atoms with Crippen molar-refractivity contribution in [1.82, 2.24) is 24.9 Å². The van der Waals surface area contributed by atoms with E-state index in [9.17, 15) is 0 Å². The van der Waals surface area contributed by atoms with Gasteiger partial charge in [0, 0.05) is 37.2 Å². The molecule has 2 fully saturated rings. The van der Waals surface area contributed by atoms with Crippen molar-refractivity contribution in [3.63, 3.8) is 0 Å². The minimum atomic E-state index is 0.546. The van der Waals surface area contributed by atoms with Gasteiger partial charge >= 0.3 is 0 Å². The fraction of sp³-hybridized carbons (Fsp3) is 0.611. The van der Waals surface area contributed by atoms with Gasteiger partial charge in [0.1, 0.15) is 0 Å². The third kappa shape index (κ3) is 2.91. The molecule has 3 aliphatic rings. The van der Waals surface area contributed by atoms with Crippen molar-refractivity contribution in [3.05, 3.63) is 35.3 Å². The zero-order valence-electron chi connectivity index (χ0n) is 14.6. The molecule has 7 heteroatoms. The number of anilines is 1. The maximum Gasteiger partial charge on any atom is 0.151 e. The van der Waals surface area contributed by atoms with E-state index in [0.29, 0.717) is 18.6 Å². The van der Waals surface area contributed by atoms with E-state index < -0.39 is 0 Å². The van der Waals surface area contributed by atoms with E-state index in [2.05, 4.69) is 49.0 Å². The third-order valence-corrected chi connectivity index (χ3v) is 5.62. The molecule has 2 aliphatic heterocycles. The molecule has 132 valence electrons. The summed E-state index contributed by atoms with van der Waals surface area (Å²) in [5.74, 6) is 1.67. The summed E-state index contributed by atoms with van der Waals surface area (Å²) >= 11 is 0. The van der Waals surface area contributed by atoms with Crippen LogP contribution in [0.1, 0.15) is 35.7 Å². The van der Waals surface area contributed by atoms with Crippen LogP contribution in [0.15, 0.2) is 18.3 Å². The summed E-state index contributed by atoms with van der Waals surface area (Å²) in [7, 11) is 2.19. The van der Waals surface area contributed by atoms with Crippen molar-refractivity contribution < 1.29 is 4.74 Å². The van der Waals surface area contributed by atoms with Crippen molar-refractivity contribution in [3.8, 4) is 0 Å².